The molecule has 1 amide bonds. The molecule has 0 heterocycles. The Hall–Kier alpha value is -3.80. The number of benzene rings is 2. The number of carboxylic acids is 1. The molecule has 0 aliphatic heterocycles. The SMILES string of the molecule is CCOC(Cc1ccc(OCCN(CCOC(F)(F)C(F)(F)C(F)(F)F)C(=O)Oc2ccccc2C(F)(F)F)cc1)C(=O)O. The molecule has 246 valence electrons. The van der Waals surface area contributed by atoms with Crippen LogP contribution in [0.5, 0.6) is 11.5 Å². The largest absolute Gasteiger partial charge is 0.492 e. The first-order valence-corrected chi connectivity index (χ1v) is 12.5. The van der Waals surface area contributed by atoms with Gasteiger partial charge in [-0.05, 0) is 36.8 Å². The zero-order chi connectivity index (χ0) is 33.3. The summed E-state index contributed by atoms with van der Waals surface area (Å²) in [4.78, 5) is 24.3. The van der Waals surface area contributed by atoms with E-state index in [2.05, 4.69) is 4.74 Å². The van der Waals surface area contributed by atoms with Crippen molar-refractivity contribution in [3.8, 4) is 11.5 Å². The van der Waals surface area contributed by atoms with Crippen LogP contribution in [0.4, 0.5) is 48.7 Å². The monoisotopic (exact) mass is 653 g/mol. The molecule has 18 heteroatoms. The molecule has 0 bridgehead atoms. The minimum Gasteiger partial charge on any atom is -0.492 e. The van der Waals surface area contributed by atoms with Gasteiger partial charge in [-0.3, -0.25) is 0 Å². The smallest absolute Gasteiger partial charge is 0.462 e. The van der Waals surface area contributed by atoms with E-state index < -0.39 is 80.2 Å². The van der Waals surface area contributed by atoms with Crippen LogP contribution in [0, 0.1) is 0 Å². The number of aliphatic carboxylic acids is 1. The van der Waals surface area contributed by atoms with E-state index in [9.17, 15) is 58.6 Å². The summed E-state index contributed by atoms with van der Waals surface area (Å²) in [5, 5.41) is 9.18. The zero-order valence-corrected chi connectivity index (χ0v) is 22.6. The Kier molecular flexibility index (Phi) is 12.2. The number of ether oxygens (including phenoxy) is 4. The van der Waals surface area contributed by atoms with Gasteiger partial charge in [0, 0.05) is 19.6 Å². The van der Waals surface area contributed by atoms with Crippen molar-refractivity contribution in [3.05, 3.63) is 59.7 Å². The second-order valence-electron chi connectivity index (χ2n) is 8.77. The van der Waals surface area contributed by atoms with E-state index in [0.717, 1.165) is 18.2 Å². The van der Waals surface area contributed by atoms with E-state index >= 15 is 0 Å². The van der Waals surface area contributed by atoms with Gasteiger partial charge in [0.05, 0.1) is 18.7 Å². The molecule has 0 saturated heterocycles. The highest BCUT2D eigenvalue weighted by molar-refractivity contribution is 5.72. The van der Waals surface area contributed by atoms with Crippen LogP contribution in [0.25, 0.3) is 0 Å². The molecule has 0 aliphatic rings. The van der Waals surface area contributed by atoms with Crippen LogP contribution in [0.2, 0.25) is 0 Å². The Morgan fingerprint density at radius 1 is 0.864 bits per heavy atom. The fraction of sp³-hybridized carbons (Fsp3) is 0.462. The predicted octanol–water partition coefficient (Wildman–Crippen LogP) is 6.42. The number of hydrogen-bond donors (Lipinski definition) is 1. The maximum atomic E-state index is 13.5. The molecule has 1 N–H and O–H groups in total. The van der Waals surface area contributed by atoms with Crippen LogP contribution in [-0.2, 0) is 26.9 Å². The molecule has 2 rings (SSSR count). The Balaban J connectivity index is 2.14. The molecule has 0 fully saturated rings. The highest BCUT2D eigenvalue weighted by Crippen LogP contribution is 2.47. The predicted molar refractivity (Wildman–Crippen MR) is 130 cm³/mol. The highest BCUT2D eigenvalue weighted by Gasteiger charge is 2.74. The third-order valence-electron chi connectivity index (χ3n) is 5.63. The lowest BCUT2D eigenvalue weighted by atomic mass is 10.1. The molecule has 0 aromatic heterocycles. The first kappa shape index (κ1) is 36.4. The Morgan fingerprint density at radius 2 is 1.45 bits per heavy atom. The Labute approximate surface area is 243 Å². The van der Waals surface area contributed by atoms with Crippen molar-refractivity contribution in [1.29, 1.82) is 0 Å². The molecule has 0 radical (unpaired) electrons. The van der Waals surface area contributed by atoms with E-state index in [-0.39, 0.29) is 18.8 Å². The second kappa shape index (κ2) is 14.8. The van der Waals surface area contributed by atoms with Gasteiger partial charge < -0.3 is 29.0 Å². The van der Waals surface area contributed by atoms with Crippen molar-refractivity contribution in [2.75, 3.05) is 32.9 Å². The Bertz CT molecular complexity index is 1240. The number of amides is 1. The fourth-order valence-corrected chi connectivity index (χ4v) is 3.41. The van der Waals surface area contributed by atoms with Crippen LogP contribution in [0.15, 0.2) is 48.5 Å². The van der Waals surface area contributed by atoms with Crippen LogP contribution < -0.4 is 9.47 Å². The summed E-state index contributed by atoms with van der Waals surface area (Å²) in [5.74, 6) is -8.67. The topological polar surface area (TPSA) is 94.5 Å². The standard InChI is InChI=1S/C26H25F10NO7/c1-2-41-20(21(38)39)15-16-7-9-17(10-8-16)42-13-11-37(12-14-43-26(35,36)24(30,31)25(32,33)34)22(40)44-19-6-4-3-5-18(19)23(27,28)29/h3-10,20H,2,11-15H2,1H3,(H,38,39). The Morgan fingerprint density at radius 3 is 2.00 bits per heavy atom. The molecular formula is C26H25F10NO7. The first-order chi connectivity index (χ1) is 20.3. The van der Waals surface area contributed by atoms with E-state index in [1.54, 1.807) is 6.92 Å². The summed E-state index contributed by atoms with van der Waals surface area (Å²) >= 11 is 0. The number of rotatable bonds is 15. The molecule has 0 aliphatic carbocycles. The molecule has 44 heavy (non-hydrogen) atoms. The maximum absolute atomic E-state index is 13.5. The van der Waals surface area contributed by atoms with Gasteiger partial charge in [-0.1, -0.05) is 24.3 Å². The number of hydrogen-bond acceptors (Lipinski definition) is 6. The van der Waals surface area contributed by atoms with Crippen LogP contribution in [0.1, 0.15) is 18.1 Å². The molecule has 8 nitrogen and oxygen atoms in total. The number of carbonyl (C=O) groups is 2. The van der Waals surface area contributed by atoms with Gasteiger partial charge in [0.1, 0.15) is 18.1 Å². The van der Waals surface area contributed by atoms with Crippen molar-refractivity contribution in [2.45, 2.75) is 43.8 Å². The number of nitrogens with zero attached hydrogens (tertiary/aromatic N) is 1. The number of halogens is 10. The van der Waals surface area contributed by atoms with Crippen molar-refractivity contribution in [2.24, 2.45) is 0 Å². The molecule has 0 saturated carbocycles. The first-order valence-electron chi connectivity index (χ1n) is 12.5. The van der Waals surface area contributed by atoms with Crippen molar-refractivity contribution >= 4 is 12.1 Å². The summed E-state index contributed by atoms with van der Waals surface area (Å²) < 4.78 is 149. The summed E-state index contributed by atoms with van der Waals surface area (Å²) in [5.41, 5.74) is -0.868. The molecule has 2 aromatic rings. The highest BCUT2D eigenvalue weighted by atomic mass is 19.4. The molecular weight excluding hydrogens is 628 g/mol. The van der Waals surface area contributed by atoms with E-state index in [0.29, 0.717) is 16.5 Å². The maximum Gasteiger partial charge on any atom is 0.462 e. The normalized spacial score (nSPS) is 13.3. The van der Waals surface area contributed by atoms with E-state index in [4.69, 9.17) is 14.2 Å². The molecule has 1 atom stereocenters. The second-order valence-corrected chi connectivity index (χ2v) is 8.77. The summed E-state index contributed by atoms with van der Waals surface area (Å²) in [7, 11) is 0. The number of carboxylic acid groups (broad SMARTS) is 1. The summed E-state index contributed by atoms with van der Waals surface area (Å²) in [6, 6.07) is 9.08. The van der Waals surface area contributed by atoms with Gasteiger partial charge >= 0.3 is 36.4 Å². The van der Waals surface area contributed by atoms with Crippen LogP contribution in [-0.4, -0.2) is 79.3 Å². The lowest BCUT2D eigenvalue weighted by Crippen LogP contribution is -2.54. The van der Waals surface area contributed by atoms with Crippen molar-refractivity contribution in [3.63, 3.8) is 0 Å². The average molecular weight is 653 g/mol. The zero-order valence-electron chi connectivity index (χ0n) is 22.6. The van der Waals surface area contributed by atoms with Crippen LogP contribution in [0.3, 0.4) is 0 Å². The van der Waals surface area contributed by atoms with Gasteiger partial charge in [0.15, 0.2) is 6.10 Å². The molecule has 2 aromatic carbocycles. The third-order valence-corrected chi connectivity index (χ3v) is 5.63. The number of carbonyl (C=O) groups excluding carboxylic acids is 1. The van der Waals surface area contributed by atoms with Gasteiger partial charge in [-0.25, -0.2) is 9.59 Å². The number of alkyl halides is 10. The fourth-order valence-electron chi connectivity index (χ4n) is 3.41. The van der Waals surface area contributed by atoms with Crippen molar-refractivity contribution in [1.82, 2.24) is 4.90 Å². The van der Waals surface area contributed by atoms with Crippen molar-refractivity contribution < 1.29 is 77.5 Å². The molecule has 0 spiro atoms. The van der Waals surface area contributed by atoms with E-state index in [1.165, 1.54) is 24.3 Å². The number of para-hydroxylation sites is 1. The van der Waals surface area contributed by atoms with Gasteiger partial charge in [-0.15, -0.1) is 0 Å². The molecule has 1 unspecified atom stereocenters. The van der Waals surface area contributed by atoms with Gasteiger partial charge in [-0.2, -0.15) is 43.9 Å². The van der Waals surface area contributed by atoms with E-state index in [1.807, 2.05) is 0 Å². The van der Waals surface area contributed by atoms with Gasteiger partial charge in [0.2, 0.25) is 0 Å². The minimum atomic E-state index is -6.68. The summed E-state index contributed by atoms with van der Waals surface area (Å²) in [6.07, 6.45) is -20.5. The van der Waals surface area contributed by atoms with Crippen LogP contribution >= 0.6 is 0 Å². The lowest BCUT2D eigenvalue weighted by Gasteiger charge is -2.29. The minimum absolute atomic E-state index is 0.000486. The average Bonchev–Trinajstić information content (AvgIpc) is 2.91. The third kappa shape index (κ3) is 9.87. The van der Waals surface area contributed by atoms with Gasteiger partial charge in [0.25, 0.3) is 0 Å². The summed E-state index contributed by atoms with van der Waals surface area (Å²) in [6.45, 7) is -2.14. The lowest BCUT2D eigenvalue weighted by molar-refractivity contribution is -0.423. The quantitative estimate of drug-likeness (QED) is 0.222.